The van der Waals surface area contributed by atoms with Crippen LogP contribution in [0.25, 0.3) is 10.9 Å². The largest absolute Gasteiger partial charge is 0.347 e. The van der Waals surface area contributed by atoms with E-state index in [0.717, 1.165) is 21.7 Å². The van der Waals surface area contributed by atoms with Gasteiger partial charge in [-0.1, -0.05) is 41.9 Å². The molecule has 1 atom stereocenters. The number of nitrogens with one attached hydrogen (secondary N) is 2. The minimum atomic E-state index is -0.267. The van der Waals surface area contributed by atoms with Gasteiger partial charge in [0.1, 0.15) is 5.03 Å². The molecule has 0 aliphatic rings. The van der Waals surface area contributed by atoms with E-state index in [1.54, 1.807) is 30.1 Å². The molecule has 0 spiro atoms. The van der Waals surface area contributed by atoms with Crippen molar-refractivity contribution in [1.29, 1.82) is 0 Å². The first-order valence-corrected chi connectivity index (χ1v) is 10.5. The summed E-state index contributed by atoms with van der Waals surface area (Å²) in [6.45, 7) is 1.91. The highest BCUT2D eigenvalue weighted by atomic mass is 35.5. The Hall–Kier alpha value is -2.83. The number of H-pyrrole nitrogens is 1. The maximum atomic E-state index is 12.5. The summed E-state index contributed by atoms with van der Waals surface area (Å²) >= 11 is 7.73. The molecule has 0 aliphatic carbocycles. The fraction of sp³-hybridized carbons (Fsp3) is 0.136. The summed E-state index contributed by atoms with van der Waals surface area (Å²) in [4.78, 5) is 24.3. The Kier molecular flexibility index (Phi) is 5.83. The number of fused-ring (bicyclic) bond motifs is 1. The van der Waals surface area contributed by atoms with Crippen molar-refractivity contribution in [3.8, 4) is 0 Å². The van der Waals surface area contributed by atoms with Gasteiger partial charge in [0.25, 0.3) is 5.56 Å². The second kappa shape index (κ2) is 8.68. The molecule has 0 saturated carbocycles. The van der Waals surface area contributed by atoms with E-state index >= 15 is 0 Å². The lowest BCUT2D eigenvalue weighted by atomic mass is 10.1. The van der Waals surface area contributed by atoms with Gasteiger partial charge in [0.05, 0.1) is 6.04 Å². The van der Waals surface area contributed by atoms with Gasteiger partial charge in [-0.15, -0.1) is 11.8 Å². The maximum Gasteiger partial charge on any atom is 0.253 e. The molecule has 1 unspecified atom stereocenters. The van der Waals surface area contributed by atoms with Crippen molar-refractivity contribution in [3.05, 3.63) is 93.4 Å². The van der Waals surface area contributed by atoms with Crippen LogP contribution in [0.5, 0.6) is 0 Å². The molecular weight excluding hydrogens is 404 g/mol. The summed E-state index contributed by atoms with van der Waals surface area (Å²) in [5.41, 5.74) is 2.45. The molecule has 2 N–H and O–H groups in total. The molecule has 0 radical (unpaired) electrons. The van der Waals surface area contributed by atoms with Crippen LogP contribution in [0.4, 0.5) is 5.95 Å². The van der Waals surface area contributed by atoms with E-state index in [1.807, 2.05) is 43.3 Å². The van der Waals surface area contributed by atoms with E-state index in [2.05, 4.69) is 32.4 Å². The zero-order chi connectivity index (χ0) is 20.2. The summed E-state index contributed by atoms with van der Waals surface area (Å²) < 4.78 is 0. The molecule has 0 aliphatic heterocycles. The van der Waals surface area contributed by atoms with Crippen LogP contribution < -0.4 is 10.9 Å². The Balaban J connectivity index is 1.51. The molecule has 4 aromatic rings. The third-order valence-corrected chi connectivity index (χ3v) is 5.74. The number of anilines is 1. The monoisotopic (exact) mass is 422 g/mol. The van der Waals surface area contributed by atoms with Crippen molar-refractivity contribution in [2.24, 2.45) is 0 Å². The van der Waals surface area contributed by atoms with Crippen molar-refractivity contribution in [1.82, 2.24) is 15.0 Å². The van der Waals surface area contributed by atoms with Gasteiger partial charge in [-0.25, -0.2) is 9.97 Å². The summed E-state index contributed by atoms with van der Waals surface area (Å²) in [5, 5.41) is 5.61. The first kappa shape index (κ1) is 19.5. The number of hydrogen-bond donors (Lipinski definition) is 2. The van der Waals surface area contributed by atoms with Gasteiger partial charge in [-0.2, -0.15) is 0 Å². The van der Waals surface area contributed by atoms with Gasteiger partial charge in [0.15, 0.2) is 0 Å². The molecule has 4 rings (SSSR count). The van der Waals surface area contributed by atoms with Crippen molar-refractivity contribution in [3.63, 3.8) is 0 Å². The van der Waals surface area contributed by atoms with E-state index in [0.29, 0.717) is 16.5 Å². The van der Waals surface area contributed by atoms with E-state index in [-0.39, 0.29) is 11.6 Å². The Morgan fingerprint density at radius 2 is 1.97 bits per heavy atom. The van der Waals surface area contributed by atoms with Crippen LogP contribution in [-0.4, -0.2) is 15.0 Å². The van der Waals surface area contributed by atoms with Gasteiger partial charge in [-0.05, 0) is 42.8 Å². The Bertz CT molecular complexity index is 1200. The normalized spacial score (nSPS) is 12.1. The zero-order valence-electron chi connectivity index (χ0n) is 15.7. The zero-order valence-corrected chi connectivity index (χ0v) is 17.3. The first-order valence-electron chi connectivity index (χ1n) is 9.17. The first-order chi connectivity index (χ1) is 14.1. The quantitative estimate of drug-likeness (QED) is 0.320. The summed E-state index contributed by atoms with van der Waals surface area (Å²) in [6.07, 6.45) is 1.72. The highest BCUT2D eigenvalue weighted by molar-refractivity contribution is 7.98. The van der Waals surface area contributed by atoms with Crippen molar-refractivity contribution < 1.29 is 0 Å². The average molecular weight is 423 g/mol. The molecule has 0 bridgehead atoms. The second-order valence-corrected chi connectivity index (χ2v) is 8.08. The highest BCUT2D eigenvalue weighted by Gasteiger charge is 2.13. The third-order valence-electron chi connectivity index (χ3n) is 4.51. The number of hydrogen-bond acceptors (Lipinski definition) is 5. The minimum absolute atomic E-state index is 0.144. The number of benzene rings is 2. The molecule has 2 aromatic carbocycles. The number of aromatic amines is 1. The molecule has 0 amide bonds. The fourth-order valence-corrected chi connectivity index (χ4v) is 4.01. The maximum absolute atomic E-state index is 12.5. The van der Waals surface area contributed by atoms with Gasteiger partial charge in [0.2, 0.25) is 5.95 Å². The van der Waals surface area contributed by atoms with Gasteiger partial charge >= 0.3 is 0 Å². The molecule has 5 nitrogen and oxygen atoms in total. The minimum Gasteiger partial charge on any atom is -0.347 e. The highest BCUT2D eigenvalue weighted by Crippen LogP contribution is 2.23. The van der Waals surface area contributed by atoms with Gasteiger partial charge < -0.3 is 10.3 Å². The lowest BCUT2D eigenvalue weighted by Gasteiger charge is -2.14. The number of rotatable bonds is 6. The standard InChI is InChI=1S/C22H19ClN4OS/c1-14(18-12-16-11-17(23)7-8-19(16)26-21(18)28)25-22-24-10-9-20(27-22)29-13-15-5-3-2-4-6-15/h2-12,14H,13H2,1H3,(H,26,28)(H,24,25,27). The Labute approximate surface area is 177 Å². The molecule has 146 valence electrons. The molecule has 7 heteroatoms. The number of pyridine rings is 1. The fourth-order valence-electron chi connectivity index (χ4n) is 3.01. The second-order valence-electron chi connectivity index (χ2n) is 6.64. The Morgan fingerprint density at radius 1 is 1.14 bits per heavy atom. The average Bonchev–Trinajstić information content (AvgIpc) is 2.73. The van der Waals surface area contributed by atoms with Crippen molar-refractivity contribution >= 4 is 40.2 Å². The molecular formula is C22H19ClN4OS. The number of halogens is 1. The molecule has 0 saturated heterocycles. The van der Waals surface area contributed by atoms with Gasteiger partial charge in [-0.3, -0.25) is 4.79 Å². The summed E-state index contributed by atoms with van der Waals surface area (Å²) in [7, 11) is 0. The lowest BCUT2D eigenvalue weighted by Crippen LogP contribution is -2.20. The SMILES string of the molecule is CC(Nc1nccc(SCc2ccccc2)n1)c1cc2cc(Cl)ccc2[nH]c1=O. The lowest BCUT2D eigenvalue weighted by molar-refractivity contribution is 0.837. The molecule has 2 heterocycles. The molecule has 29 heavy (non-hydrogen) atoms. The number of thioether (sulfide) groups is 1. The molecule has 2 aromatic heterocycles. The van der Waals surface area contributed by atoms with Crippen molar-refractivity contribution in [2.45, 2.75) is 23.7 Å². The molecule has 0 fully saturated rings. The van der Waals surface area contributed by atoms with Crippen LogP contribution in [0, 0.1) is 0 Å². The van der Waals surface area contributed by atoms with E-state index in [4.69, 9.17) is 11.6 Å². The van der Waals surface area contributed by atoms with Crippen LogP contribution >= 0.6 is 23.4 Å². The van der Waals surface area contributed by atoms with E-state index in [9.17, 15) is 4.79 Å². The van der Waals surface area contributed by atoms with Crippen molar-refractivity contribution in [2.75, 3.05) is 5.32 Å². The predicted molar refractivity (Wildman–Crippen MR) is 120 cm³/mol. The Morgan fingerprint density at radius 3 is 2.79 bits per heavy atom. The van der Waals surface area contributed by atoms with Crippen LogP contribution in [0.1, 0.15) is 24.1 Å². The van der Waals surface area contributed by atoms with E-state index < -0.39 is 0 Å². The summed E-state index contributed by atoms with van der Waals surface area (Å²) in [5.74, 6) is 1.32. The number of nitrogens with zero attached hydrogens (tertiary/aromatic N) is 2. The van der Waals surface area contributed by atoms with Gasteiger partial charge in [0, 0.05) is 33.4 Å². The summed E-state index contributed by atoms with van der Waals surface area (Å²) in [6, 6.07) is 19.1. The number of aromatic nitrogens is 3. The smallest absolute Gasteiger partial charge is 0.253 e. The topological polar surface area (TPSA) is 70.7 Å². The predicted octanol–water partition coefficient (Wildman–Crippen LogP) is 5.44. The van der Waals surface area contributed by atoms with Crippen LogP contribution in [-0.2, 0) is 5.75 Å². The van der Waals surface area contributed by atoms with E-state index in [1.165, 1.54) is 5.56 Å². The third kappa shape index (κ3) is 4.78. The van der Waals surface area contributed by atoms with Crippen LogP contribution in [0.3, 0.4) is 0 Å². The van der Waals surface area contributed by atoms with Crippen LogP contribution in [0.2, 0.25) is 5.02 Å². The van der Waals surface area contributed by atoms with Crippen LogP contribution in [0.15, 0.2) is 76.7 Å².